The molecule has 0 aromatic heterocycles. The van der Waals surface area contributed by atoms with Crippen LogP contribution in [0.15, 0.2) is 48.5 Å². The normalized spacial score (nSPS) is 18.9. The fourth-order valence-corrected chi connectivity index (χ4v) is 3.63. The number of rotatable bonds is 5. The van der Waals surface area contributed by atoms with E-state index in [4.69, 9.17) is 0 Å². The van der Waals surface area contributed by atoms with E-state index in [0.717, 1.165) is 24.1 Å². The standard InChI is InChI=1S/C21H24FN3O2/c22-16-7-5-15(6-8-16)20(21(27)23-17-9-10-17)25-13-11-24(12-14-25)18-3-1-2-4-19(18)26/h1-8,17,20,26H,9-14H2,(H,23,27). The average molecular weight is 369 g/mol. The fraction of sp³-hybridized carbons (Fsp3) is 0.381. The van der Waals surface area contributed by atoms with Crippen molar-refractivity contribution in [1.29, 1.82) is 0 Å². The molecule has 1 saturated carbocycles. The minimum atomic E-state index is -0.419. The van der Waals surface area contributed by atoms with Crippen LogP contribution in [-0.4, -0.2) is 48.1 Å². The van der Waals surface area contributed by atoms with Crippen molar-refractivity contribution in [1.82, 2.24) is 10.2 Å². The van der Waals surface area contributed by atoms with Crippen molar-refractivity contribution in [3.8, 4) is 5.75 Å². The molecule has 2 N–H and O–H groups in total. The van der Waals surface area contributed by atoms with Crippen molar-refractivity contribution in [2.45, 2.75) is 24.9 Å². The maximum atomic E-state index is 13.3. The minimum Gasteiger partial charge on any atom is -0.506 e. The van der Waals surface area contributed by atoms with Crippen LogP contribution in [-0.2, 0) is 4.79 Å². The molecule has 0 bridgehead atoms. The topological polar surface area (TPSA) is 55.8 Å². The lowest BCUT2D eigenvalue weighted by atomic mass is 10.0. The molecule has 1 unspecified atom stereocenters. The molecule has 1 saturated heterocycles. The molecule has 6 heteroatoms. The summed E-state index contributed by atoms with van der Waals surface area (Å²) in [6, 6.07) is 13.4. The number of amides is 1. The summed E-state index contributed by atoms with van der Waals surface area (Å²) in [5.41, 5.74) is 1.63. The van der Waals surface area contributed by atoms with Gasteiger partial charge in [0, 0.05) is 32.2 Å². The first-order chi connectivity index (χ1) is 13.1. The Balaban J connectivity index is 1.50. The summed E-state index contributed by atoms with van der Waals surface area (Å²) < 4.78 is 13.3. The largest absolute Gasteiger partial charge is 0.506 e. The number of hydrogen-bond donors (Lipinski definition) is 2. The van der Waals surface area contributed by atoms with Gasteiger partial charge in [0.05, 0.1) is 5.69 Å². The van der Waals surface area contributed by atoms with Gasteiger partial charge in [0.15, 0.2) is 0 Å². The van der Waals surface area contributed by atoms with Gasteiger partial charge >= 0.3 is 0 Å². The number of phenols is 1. The second-order valence-corrected chi connectivity index (χ2v) is 7.25. The van der Waals surface area contributed by atoms with Gasteiger partial charge in [-0.25, -0.2) is 4.39 Å². The van der Waals surface area contributed by atoms with Gasteiger partial charge in [0.1, 0.15) is 17.6 Å². The van der Waals surface area contributed by atoms with Gasteiger partial charge in [-0.1, -0.05) is 24.3 Å². The van der Waals surface area contributed by atoms with Crippen LogP contribution < -0.4 is 10.2 Å². The first kappa shape index (κ1) is 17.8. The lowest BCUT2D eigenvalue weighted by Crippen LogP contribution is -2.51. The Morgan fingerprint density at radius 2 is 1.70 bits per heavy atom. The molecule has 2 aromatic carbocycles. The van der Waals surface area contributed by atoms with E-state index >= 15 is 0 Å². The predicted molar refractivity (Wildman–Crippen MR) is 102 cm³/mol. The zero-order chi connectivity index (χ0) is 18.8. The molecule has 1 atom stereocenters. The highest BCUT2D eigenvalue weighted by molar-refractivity contribution is 5.83. The van der Waals surface area contributed by atoms with Crippen molar-refractivity contribution in [2.24, 2.45) is 0 Å². The van der Waals surface area contributed by atoms with Gasteiger partial charge in [-0.15, -0.1) is 0 Å². The molecule has 5 nitrogen and oxygen atoms in total. The van der Waals surface area contributed by atoms with E-state index in [9.17, 15) is 14.3 Å². The van der Waals surface area contributed by atoms with Crippen molar-refractivity contribution in [3.05, 3.63) is 59.9 Å². The second-order valence-electron chi connectivity index (χ2n) is 7.25. The molecule has 142 valence electrons. The van der Waals surface area contributed by atoms with E-state index in [2.05, 4.69) is 15.1 Å². The van der Waals surface area contributed by atoms with Gasteiger partial charge < -0.3 is 15.3 Å². The summed E-state index contributed by atoms with van der Waals surface area (Å²) in [7, 11) is 0. The number of hydrogen-bond acceptors (Lipinski definition) is 4. The Morgan fingerprint density at radius 1 is 1.04 bits per heavy atom. The number of aromatic hydroxyl groups is 1. The van der Waals surface area contributed by atoms with Crippen LogP contribution in [0.1, 0.15) is 24.4 Å². The lowest BCUT2D eigenvalue weighted by molar-refractivity contribution is -0.127. The Hall–Kier alpha value is -2.60. The van der Waals surface area contributed by atoms with Crippen LogP contribution in [0.5, 0.6) is 5.75 Å². The van der Waals surface area contributed by atoms with Crippen LogP contribution in [0.2, 0.25) is 0 Å². The maximum absolute atomic E-state index is 13.3. The number of nitrogens with zero attached hydrogens (tertiary/aromatic N) is 2. The van der Waals surface area contributed by atoms with E-state index < -0.39 is 6.04 Å². The molecule has 27 heavy (non-hydrogen) atoms. The van der Waals surface area contributed by atoms with Crippen molar-refractivity contribution in [2.75, 3.05) is 31.1 Å². The van der Waals surface area contributed by atoms with Crippen LogP contribution >= 0.6 is 0 Å². The van der Waals surface area contributed by atoms with E-state index in [1.54, 1.807) is 18.2 Å². The van der Waals surface area contributed by atoms with Crippen LogP contribution in [0, 0.1) is 5.82 Å². The third-order valence-electron chi connectivity index (χ3n) is 5.26. The fourth-order valence-electron chi connectivity index (χ4n) is 3.63. The van der Waals surface area contributed by atoms with Gasteiger partial charge in [0.25, 0.3) is 0 Å². The molecule has 2 fully saturated rings. The number of carbonyl (C=O) groups excluding carboxylic acids is 1. The molecule has 1 amide bonds. The van der Waals surface area contributed by atoms with Crippen LogP contribution in [0.3, 0.4) is 0 Å². The van der Waals surface area contributed by atoms with Gasteiger partial charge in [-0.2, -0.15) is 0 Å². The molecule has 1 heterocycles. The quantitative estimate of drug-likeness (QED) is 0.851. The first-order valence-electron chi connectivity index (χ1n) is 9.44. The third kappa shape index (κ3) is 4.06. The van der Waals surface area contributed by atoms with Gasteiger partial charge in [-0.05, 0) is 42.7 Å². The summed E-state index contributed by atoms with van der Waals surface area (Å²) in [6.45, 7) is 2.81. The molecular weight excluding hydrogens is 345 g/mol. The SMILES string of the molecule is O=C(NC1CC1)C(c1ccc(F)cc1)N1CCN(c2ccccc2O)CC1. The number of para-hydroxylation sites is 2. The minimum absolute atomic E-state index is 0.0138. The van der Waals surface area contributed by atoms with E-state index in [1.165, 1.54) is 12.1 Å². The highest BCUT2D eigenvalue weighted by Gasteiger charge is 2.34. The summed E-state index contributed by atoms with van der Waals surface area (Å²) in [6.07, 6.45) is 2.06. The molecule has 4 rings (SSSR count). The van der Waals surface area contributed by atoms with E-state index in [0.29, 0.717) is 26.2 Å². The number of carbonyl (C=O) groups is 1. The van der Waals surface area contributed by atoms with Crippen LogP contribution in [0.4, 0.5) is 10.1 Å². The Morgan fingerprint density at radius 3 is 2.33 bits per heavy atom. The molecular formula is C21H24FN3O2. The number of anilines is 1. The number of nitrogens with one attached hydrogen (secondary N) is 1. The molecule has 0 radical (unpaired) electrons. The lowest BCUT2D eigenvalue weighted by Gasteiger charge is -2.40. The monoisotopic (exact) mass is 369 g/mol. The van der Waals surface area contributed by atoms with E-state index in [1.807, 2.05) is 18.2 Å². The molecule has 2 aromatic rings. The summed E-state index contributed by atoms with van der Waals surface area (Å²) >= 11 is 0. The van der Waals surface area contributed by atoms with Gasteiger partial charge in [-0.3, -0.25) is 9.69 Å². The molecule has 1 aliphatic heterocycles. The average Bonchev–Trinajstić information content (AvgIpc) is 3.49. The molecule has 2 aliphatic rings. The van der Waals surface area contributed by atoms with Crippen molar-refractivity contribution < 1.29 is 14.3 Å². The molecule has 1 aliphatic carbocycles. The van der Waals surface area contributed by atoms with Gasteiger partial charge in [0.2, 0.25) is 5.91 Å². The second kappa shape index (κ2) is 7.56. The Bertz CT molecular complexity index is 799. The zero-order valence-electron chi connectivity index (χ0n) is 15.1. The predicted octanol–water partition coefficient (Wildman–Crippen LogP) is 2.67. The van der Waals surface area contributed by atoms with E-state index in [-0.39, 0.29) is 23.5 Å². The zero-order valence-corrected chi connectivity index (χ0v) is 15.1. The third-order valence-corrected chi connectivity index (χ3v) is 5.26. The number of benzene rings is 2. The smallest absolute Gasteiger partial charge is 0.242 e. The number of halogens is 1. The molecule has 0 spiro atoms. The maximum Gasteiger partial charge on any atom is 0.242 e. The van der Waals surface area contributed by atoms with Crippen LogP contribution in [0.25, 0.3) is 0 Å². The summed E-state index contributed by atoms with van der Waals surface area (Å²) in [5, 5.41) is 13.2. The number of piperazine rings is 1. The Kier molecular flexibility index (Phi) is 4.99. The van der Waals surface area contributed by atoms with Crippen molar-refractivity contribution >= 4 is 11.6 Å². The summed E-state index contributed by atoms with van der Waals surface area (Å²) in [5.74, 6) is -0.0444. The highest BCUT2D eigenvalue weighted by Crippen LogP contribution is 2.30. The van der Waals surface area contributed by atoms with Crippen molar-refractivity contribution in [3.63, 3.8) is 0 Å². The highest BCUT2D eigenvalue weighted by atomic mass is 19.1. The number of phenolic OH excluding ortho intramolecular Hbond substituents is 1. The Labute approximate surface area is 158 Å². The first-order valence-corrected chi connectivity index (χ1v) is 9.44. The summed E-state index contributed by atoms with van der Waals surface area (Å²) in [4.78, 5) is 17.2.